The van der Waals surface area contributed by atoms with Crippen LogP contribution in [0.3, 0.4) is 0 Å². The highest BCUT2D eigenvalue weighted by Gasteiger charge is 2.22. The molecule has 2 N–H and O–H groups in total. The van der Waals surface area contributed by atoms with Crippen LogP contribution in [0.5, 0.6) is 5.75 Å². The highest BCUT2D eigenvalue weighted by molar-refractivity contribution is 6.05. The molecule has 0 aliphatic carbocycles. The summed E-state index contributed by atoms with van der Waals surface area (Å²) in [4.78, 5) is 23.0. The van der Waals surface area contributed by atoms with E-state index in [1.165, 1.54) is 12.1 Å². The average molecular weight is 429 g/mol. The third-order valence-electron chi connectivity index (χ3n) is 5.19. The van der Waals surface area contributed by atoms with Gasteiger partial charge >= 0.3 is 11.9 Å². The standard InChI is InChI=1S/C23H24FNO6/c1-14-22(23(28)29)18-12-20(31-13-21(26)27)16(11-19(18)25(14)9-10-30-2)6-3-15-4-7-17(24)8-5-15/h4-5,7-8,11-12H,3,6,9-10,13H2,1-2H3,(H,26,27)(H,28,29). The van der Waals surface area contributed by atoms with Crippen molar-refractivity contribution in [2.24, 2.45) is 0 Å². The van der Waals surface area contributed by atoms with E-state index in [0.29, 0.717) is 48.3 Å². The lowest BCUT2D eigenvalue weighted by atomic mass is 10.0. The summed E-state index contributed by atoms with van der Waals surface area (Å²) in [5.41, 5.74) is 3.11. The molecule has 0 amide bonds. The maximum absolute atomic E-state index is 13.2. The lowest BCUT2D eigenvalue weighted by molar-refractivity contribution is -0.139. The van der Waals surface area contributed by atoms with Crippen molar-refractivity contribution < 1.29 is 33.7 Å². The maximum Gasteiger partial charge on any atom is 0.341 e. The first-order valence-corrected chi connectivity index (χ1v) is 9.78. The zero-order chi connectivity index (χ0) is 22.5. The SMILES string of the molecule is COCCn1c(C)c(C(=O)O)c2cc(OCC(=O)O)c(CCc3ccc(F)cc3)cc21. The Morgan fingerprint density at radius 3 is 2.42 bits per heavy atom. The fraction of sp³-hybridized carbons (Fsp3) is 0.304. The summed E-state index contributed by atoms with van der Waals surface area (Å²) in [6.45, 7) is 2.07. The summed E-state index contributed by atoms with van der Waals surface area (Å²) in [6.07, 6.45) is 1.09. The molecule has 0 fully saturated rings. The summed E-state index contributed by atoms with van der Waals surface area (Å²) in [5.74, 6) is -2.19. The topological polar surface area (TPSA) is 98.0 Å². The van der Waals surface area contributed by atoms with Crippen molar-refractivity contribution in [3.05, 3.63) is 64.6 Å². The molecule has 0 bridgehead atoms. The number of ether oxygens (including phenoxy) is 2. The second kappa shape index (κ2) is 9.61. The maximum atomic E-state index is 13.2. The van der Waals surface area contributed by atoms with Gasteiger partial charge in [0.1, 0.15) is 11.6 Å². The minimum Gasteiger partial charge on any atom is -0.482 e. The van der Waals surface area contributed by atoms with Crippen molar-refractivity contribution in [1.29, 1.82) is 0 Å². The molecule has 1 aromatic heterocycles. The molecule has 3 rings (SSSR count). The van der Waals surface area contributed by atoms with Crippen LogP contribution >= 0.6 is 0 Å². The molecule has 8 heteroatoms. The number of halogens is 1. The van der Waals surface area contributed by atoms with Crippen molar-refractivity contribution in [1.82, 2.24) is 4.57 Å². The first-order valence-electron chi connectivity index (χ1n) is 9.78. The molecule has 0 atom stereocenters. The zero-order valence-corrected chi connectivity index (χ0v) is 17.4. The lowest BCUT2D eigenvalue weighted by Crippen LogP contribution is -2.11. The van der Waals surface area contributed by atoms with E-state index in [1.807, 2.05) is 10.6 Å². The van der Waals surface area contributed by atoms with E-state index >= 15 is 0 Å². The third-order valence-corrected chi connectivity index (χ3v) is 5.19. The number of aromatic carboxylic acids is 1. The lowest BCUT2D eigenvalue weighted by Gasteiger charge is -2.13. The molecule has 31 heavy (non-hydrogen) atoms. The number of carboxylic acids is 2. The Morgan fingerprint density at radius 2 is 1.81 bits per heavy atom. The molecule has 0 aliphatic rings. The zero-order valence-electron chi connectivity index (χ0n) is 17.4. The van der Waals surface area contributed by atoms with Gasteiger partial charge in [0.15, 0.2) is 6.61 Å². The van der Waals surface area contributed by atoms with E-state index in [4.69, 9.17) is 14.6 Å². The van der Waals surface area contributed by atoms with Crippen LogP contribution in [-0.4, -0.2) is 47.0 Å². The van der Waals surface area contributed by atoms with Crippen LogP contribution in [0.1, 0.15) is 27.2 Å². The fourth-order valence-corrected chi connectivity index (χ4v) is 3.69. The molecule has 0 saturated heterocycles. The summed E-state index contributed by atoms with van der Waals surface area (Å²) in [7, 11) is 1.57. The molecular formula is C23H24FNO6. The Labute approximate surface area is 178 Å². The van der Waals surface area contributed by atoms with Crippen molar-refractivity contribution in [2.75, 3.05) is 20.3 Å². The molecule has 0 unspecified atom stereocenters. The smallest absolute Gasteiger partial charge is 0.341 e. The van der Waals surface area contributed by atoms with Crippen LogP contribution in [0.25, 0.3) is 10.9 Å². The van der Waals surface area contributed by atoms with Gasteiger partial charge in [-0.25, -0.2) is 14.0 Å². The Balaban J connectivity index is 2.08. The van der Waals surface area contributed by atoms with Crippen LogP contribution in [0.4, 0.5) is 4.39 Å². The van der Waals surface area contributed by atoms with Gasteiger partial charge in [-0.05, 0) is 55.2 Å². The Hall–Kier alpha value is -3.39. The molecule has 3 aromatic rings. The number of aliphatic carboxylic acids is 1. The molecule has 1 heterocycles. The van der Waals surface area contributed by atoms with Crippen LogP contribution in [0.15, 0.2) is 36.4 Å². The van der Waals surface area contributed by atoms with Crippen molar-refractivity contribution >= 4 is 22.8 Å². The van der Waals surface area contributed by atoms with E-state index in [0.717, 1.165) is 11.1 Å². The number of carbonyl (C=O) groups is 2. The van der Waals surface area contributed by atoms with Crippen molar-refractivity contribution in [3.63, 3.8) is 0 Å². The highest BCUT2D eigenvalue weighted by Crippen LogP contribution is 2.33. The van der Waals surface area contributed by atoms with Gasteiger partial charge in [0, 0.05) is 30.3 Å². The van der Waals surface area contributed by atoms with Gasteiger partial charge in [0.05, 0.1) is 12.2 Å². The molecule has 0 saturated carbocycles. The second-order valence-corrected chi connectivity index (χ2v) is 7.20. The minimum absolute atomic E-state index is 0.149. The highest BCUT2D eigenvalue weighted by atomic mass is 19.1. The van der Waals surface area contributed by atoms with Crippen molar-refractivity contribution in [2.45, 2.75) is 26.3 Å². The minimum atomic E-state index is -1.13. The van der Waals surface area contributed by atoms with Crippen LogP contribution in [0, 0.1) is 12.7 Å². The van der Waals surface area contributed by atoms with Gasteiger partial charge in [0.2, 0.25) is 0 Å². The number of aromatic nitrogens is 1. The summed E-state index contributed by atoms with van der Waals surface area (Å²) in [6, 6.07) is 9.60. The number of hydrogen-bond acceptors (Lipinski definition) is 4. The van der Waals surface area contributed by atoms with Gasteiger partial charge < -0.3 is 24.3 Å². The largest absolute Gasteiger partial charge is 0.482 e. The van der Waals surface area contributed by atoms with Gasteiger partial charge in [-0.15, -0.1) is 0 Å². The van der Waals surface area contributed by atoms with E-state index in [9.17, 15) is 19.1 Å². The van der Waals surface area contributed by atoms with E-state index in [2.05, 4.69) is 0 Å². The quantitative estimate of drug-likeness (QED) is 0.510. The monoisotopic (exact) mass is 429 g/mol. The normalized spacial score (nSPS) is 11.1. The molecular weight excluding hydrogens is 405 g/mol. The number of benzene rings is 2. The first kappa shape index (κ1) is 22.3. The van der Waals surface area contributed by atoms with Gasteiger partial charge in [-0.2, -0.15) is 0 Å². The summed E-state index contributed by atoms with van der Waals surface area (Å²) < 4.78 is 25.7. The van der Waals surface area contributed by atoms with E-state index in [1.54, 1.807) is 32.2 Å². The Morgan fingerprint density at radius 1 is 1.10 bits per heavy atom. The van der Waals surface area contributed by atoms with Crippen LogP contribution in [-0.2, 0) is 28.9 Å². The number of methoxy groups -OCH3 is 1. The molecule has 164 valence electrons. The van der Waals surface area contributed by atoms with Gasteiger partial charge in [-0.3, -0.25) is 0 Å². The van der Waals surface area contributed by atoms with Crippen molar-refractivity contribution in [3.8, 4) is 5.75 Å². The number of hydrogen-bond donors (Lipinski definition) is 2. The number of aryl methyl sites for hydroxylation is 2. The van der Waals surface area contributed by atoms with E-state index in [-0.39, 0.29) is 11.4 Å². The first-order chi connectivity index (χ1) is 14.8. The fourth-order valence-electron chi connectivity index (χ4n) is 3.69. The summed E-state index contributed by atoms with van der Waals surface area (Å²) >= 11 is 0. The second-order valence-electron chi connectivity index (χ2n) is 7.20. The molecule has 0 spiro atoms. The number of carboxylic acid groups (broad SMARTS) is 2. The van der Waals surface area contributed by atoms with Gasteiger partial charge in [0.25, 0.3) is 0 Å². The predicted octanol–water partition coefficient (Wildman–Crippen LogP) is 3.68. The van der Waals surface area contributed by atoms with Crippen LogP contribution < -0.4 is 4.74 Å². The number of fused-ring (bicyclic) bond motifs is 1. The molecule has 2 aromatic carbocycles. The Bertz CT molecular complexity index is 1100. The molecule has 0 aliphatic heterocycles. The number of rotatable bonds is 10. The van der Waals surface area contributed by atoms with Crippen LogP contribution in [0.2, 0.25) is 0 Å². The predicted molar refractivity (Wildman–Crippen MR) is 112 cm³/mol. The Kier molecular flexibility index (Phi) is 6.91. The molecule has 0 radical (unpaired) electrons. The summed E-state index contributed by atoms with van der Waals surface area (Å²) in [5, 5.41) is 19.3. The molecule has 7 nitrogen and oxygen atoms in total. The average Bonchev–Trinajstić information content (AvgIpc) is 3.00. The van der Waals surface area contributed by atoms with Gasteiger partial charge in [-0.1, -0.05) is 12.1 Å². The number of nitrogens with zero attached hydrogens (tertiary/aromatic N) is 1. The third kappa shape index (κ3) is 5.03. The van der Waals surface area contributed by atoms with E-state index < -0.39 is 18.5 Å².